The molecular formula is C17H22F3N3O5S. The van der Waals surface area contributed by atoms with Gasteiger partial charge in [-0.05, 0) is 24.6 Å². The fraction of sp³-hybridized carbons (Fsp3) is 0.529. The molecule has 2 N–H and O–H groups in total. The molecular weight excluding hydrogens is 415 g/mol. The highest BCUT2D eigenvalue weighted by Crippen LogP contribution is 2.31. The Hall–Kier alpha value is -2.18. The van der Waals surface area contributed by atoms with Crippen molar-refractivity contribution in [3.8, 4) is 0 Å². The number of nitrogens with one attached hydrogen (secondary N) is 1. The topological polar surface area (TPSA) is 108 Å². The van der Waals surface area contributed by atoms with Crippen LogP contribution in [0.5, 0.6) is 0 Å². The number of aliphatic hydroxyl groups excluding tert-OH is 1. The third-order valence-electron chi connectivity index (χ3n) is 4.15. The van der Waals surface area contributed by atoms with Crippen molar-refractivity contribution in [3.63, 3.8) is 0 Å². The summed E-state index contributed by atoms with van der Waals surface area (Å²) in [6, 6.07) is 3.63. The van der Waals surface area contributed by atoms with Crippen LogP contribution < -0.4 is 5.32 Å². The zero-order valence-electron chi connectivity index (χ0n) is 15.5. The van der Waals surface area contributed by atoms with Crippen molar-refractivity contribution < 1.29 is 36.3 Å². The number of rotatable bonds is 8. The Morgan fingerprint density at radius 1 is 1.28 bits per heavy atom. The van der Waals surface area contributed by atoms with Crippen molar-refractivity contribution in [3.05, 3.63) is 29.8 Å². The van der Waals surface area contributed by atoms with Crippen molar-refractivity contribution in [2.24, 2.45) is 5.16 Å². The summed E-state index contributed by atoms with van der Waals surface area (Å²) >= 11 is 0. The van der Waals surface area contributed by atoms with Gasteiger partial charge in [0.2, 0.25) is 10.0 Å². The van der Waals surface area contributed by atoms with Crippen LogP contribution in [0, 0.1) is 0 Å². The number of aliphatic hydroxyl groups is 1. The minimum absolute atomic E-state index is 0.0383. The number of piperidine rings is 1. The van der Waals surface area contributed by atoms with Crippen LogP contribution in [0.15, 0.2) is 34.3 Å². The summed E-state index contributed by atoms with van der Waals surface area (Å²) < 4.78 is 64.8. The Balaban J connectivity index is 1.90. The van der Waals surface area contributed by atoms with Crippen LogP contribution in [0.4, 0.5) is 13.2 Å². The number of sulfonamides is 1. The highest BCUT2D eigenvalue weighted by Gasteiger charge is 2.33. The third-order valence-corrected chi connectivity index (χ3v) is 6.04. The Bertz CT molecular complexity index is 833. The van der Waals surface area contributed by atoms with E-state index < -0.39 is 32.6 Å². The zero-order chi connectivity index (χ0) is 21.5. The van der Waals surface area contributed by atoms with Crippen LogP contribution in [0.3, 0.4) is 0 Å². The van der Waals surface area contributed by atoms with Gasteiger partial charge in [-0.25, -0.2) is 8.42 Å². The van der Waals surface area contributed by atoms with Gasteiger partial charge in [0.1, 0.15) is 0 Å². The predicted octanol–water partition coefficient (Wildman–Crippen LogP) is 1.36. The number of oxime groups is 1. The number of amides is 1. The van der Waals surface area contributed by atoms with Crippen molar-refractivity contribution >= 4 is 21.6 Å². The molecule has 1 aliphatic heterocycles. The third kappa shape index (κ3) is 6.68. The van der Waals surface area contributed by atoms with E-state index in [1.807, 2.05) is 0 Å². The van der Waals surface area contributed by atoms with Crippen molar-refractivity contribution in [2.45, 2.75) is 30.3 Å². The lowest BCUT2D eigenvalue weighted by Gasteiger charge is -2.26. The summed E-state index contributed by atoms with van der Waals surface area (Å²) in [5.41, 5.74) is -0.466. The number of nitrogens with zero attached hydrogens (tertiary/aromatic N) is 2. The molecule has 1 aromatic rings. The number of carbonyl (C=O) groups excluding carboxylic acids is 1. The van der Waals surface area contributed by atoms with Gasteiger partial charge < -0.3 is 15.3 Å². The summed E-state index contributed by atoms with van der Waals surface area (Å²) in [4.78, 5) is 16.0. The molecule has 1 amide bonds. The molecule has 1 fully saturated rings. The molecule has 0 unspecified atom stereocenters. The molecule has 1 saturated heterocycles. The second-order valence-corrected chi connectivity index (χ2v) is 8.23. The van der Waals surface area contributed by atoms with Crippen molar-refractivity contribution in [1.82, 2.24) is 9.62 Å². The van der Waals surface area contributed by atoms with E-state index in [4.69, 9.17) is 9.94 Å². The number of carbonyl (C=O) groups is 1. The molecule has 1 aromatic carbocycles. The van der Waals surface area contributed by atoms with E-state index in [1.54, 1.807) is 0 Å². The largest absolute Gasteiger partial charge is 0.416 e. The molecule has 0 spiro atoms. The molecule has 162 valence electrons. The van der Waals surface area contributed by atoms with Crippen LogP contribution in [0.25, 0.3) is 0 Å². The number of hydrogen-bond acceptors (Lipinski definition) is 6. The fourth-order valence-electron chi connectivity index (χ4n) is 2.60. The van der Waals surface area contributed by atoms with Gasteiger partial charge in [-0.3, -0.25) is 4.79 Å². The maximum absolute atomic E-state index is 12.8. The molecule has 1 heterocycles. The number of benzene rings is 1. The van der Waals surface area contributed by atoms with Gasteiger partial charge in [0, 0.05) is 39.1 Å². The van der Waals surface area contributed by atoms with Crippen LogP contribution in [-0.4, -0.2) is 62.3 Å². The van der Waals surface area contributed by atoms with Crippen LogP contribution in [0.1, 0.15) is 24.8 Å². The minimum Gasteiger partial charge on any atom is -0.396 e. The lowest BCUT2D eigenvalue weighted by atomic mass is 10.1. The zero-order valence-corrected chi connectivity index (χ0v) is 16.3. The fourth-order valence-corrected chi connectivity index (χ4v) is 4.09. The average Bonchev–Trinajstić information content (AvgIpc) is 2.68. The summed E-state index contributed by atoms with van der Waals surface area (Å²) in [5.74, 6) is -0.396. The summed E-state index contributed by atoms with van der Waals surface area (Å²) in [5, 5.41) is 15.0. The summed E-state index contributed by atoms with van der Waals surface area (Å²) in [6.45, 7) is 0.0646. The Morgan fingerprint density at radius 2 is 1.97 bits per heavy atom. The lowest BCUT2D eigenvalue weighted by molar-refractivity contribution is -0.137. The summed E-state index contributed by atoms with van der Waals surface area (Å²) in [7, 11) is -4.06. The molecule has 2 rings (SSSR count). The normalized spacial score (nSPS) is 15.8. The van der Waals surface area contributed by atoms with Crippen molar-refractivity contribution in [2.75, 3.05) is 32.8 Å². The van der Waals surface area contributed by atoms with E-state index >= 15 is 0 Å². The second-order valence-electron chi connectivity index (χ2n) is 6.29. The van der Waals surface area contributed by atoms with E-state index in [1.165, 1.54) is 0 Å². The number of halogens is 3. The smallest absolute Gasteiger partial charge is 0.396 e. The molecule has 8 nitrogen and oxygen atoms in total. The van der Waals surface area contributed by atoms with Crippen LogP contribution in [0.2, 0.25) is 0 Å². The summed E-state index contributed by atoms with van der Waals surface area (Å²) in [6.07, 6.45) is -3.72. The molecule has 0 radical (unpaired) electrons. The Morgan fingerprint density at radius 3 is 2.59 bits per heavy atom. The molecule has 0 bridgehead atoms. The number of alkyl halides is 3. The van der Waals surface area contributed by atoms with Gasteiger partial charge in [-0.2, -0.15) is 17.5 Å². The first-order valence-corrected chi connectivity index (χ1v) is 10.3. The SMILES string of the molecule is O=C(CON=C1CCN(S(=O)(=O)c2cccc(C(F)(F)F)c2)CC1)NCCCO. The van der Waals surface area contributed by atoms with Gasteiger partial charge in [0.05, 0.1) is 16.2 Å². The highest BCUT2D eigenvalue weighted by atomic mass is 32.2. The first-order chi connectivity index (χ1) is 13.6. The maximum atomic E-state index is 12.8. The first-order valence-electron chi connectivity index (χ1n) is 8.87. The van der Waals surface area contributed by atoms with Gasteiger partial charge in [0.15, 0.2) is 6.61 Å². The first kappa shape index (κ1) is 23.1. The lowest BCUT2D eigenvalue weighted by Crippen LogP contribution is -2.38. The molecule has 0 atom stereocenters. The standard InChI is InChI=1S/C17H22F3N3O5S/c18-17(19,20)13-3-1-4-15(11-13)29(26,27)23-8-5-14(6-9-23)22-28-12-16(25)21-7-2-10-24/h1,3-4,11,24H,2,5-10,12H2,(H,21,25). The van der Waals surface area contributed by atoms with E-state index in [2.05, 4.69) is 10.5 Å². The molecule has 29 heavy (non-hydrogen) atoms. The molecule has 0 aliphatic carbocycles. The van der Waals surface area contributed by atoms with E-state index in [0.717, 1.165) is 22.5 Å². The van der Waals surface area contributed by atoms with Gasteiger partial charge >= 0.3 is 6.18 Å². The van der Waals surface area contributed by atoms with Gasteiger partial charge in [-0.1, -0.05) is 11.2 Å². The highest BCUT2D eigenvalue weighted by molar-refractivity contribution is 7.89. The second kappa shape index (κ2) is 10.0. The van der Waals surface area contributed by atoms with E-state index in [0.29, 0.717) is 24.7 Å². The minimum atomic E-state index is -4.63. The molecule has 0 saturated carbocycles. The number of hydrogen-bond donors (Lipinski definition) is 2. The van der Waals surface area contributed by atoms with E-state index in [9.17, 15) is 26.4 Å². The molecule has 1 aliphatic rings. The van der Waals surface area contributed by atoms with Crippen molar-refractivity contribution in [1.29, 1.82) is 0 Å². The Kier molecular flexibility index (Phi) is 7.99. The average molecular weight is 437 g/mol. The van der Waals surface area contributed by atoms with E-state index in [-0.39, 0.29) is 39.1 Å². The molecule has 12 heteroatoms. The van der Waals surface area contributed by atoms with Gasteiger partial charge in [0.25, 0.3) is 5.91 Å². The van der Waals surface area contributed by atoms with Gasteiger partial charge in [-0.15, -0.1) is 0 Å². The predicted molar refractivity (Wildman–Crippen MR) is 97.5 cm³/mol. The monoisotopic (exact) mass is 437 g/mol. The maximum Gasteiger partial charge on any atom is 0.416 e. The quantitative estimate of drug-likeness (QED) is 0.472. The van der Waals surface area contributed by atoms with Crippen LogP contribution >= 0.6 is 0 Å². The Labute approximate surface area is 166 Å². The molecule has 0 aromatic heterocycles. The van der Waals surface area contributed by atoms with Crippen LogP contribution in [-0.2, 0) is 25.8 Å².